The van der Waals surface area contributed by atoms with Crippen LogP contribution in [-0.2, 0) is 9.53 Å². The van der Waals surface area contributed by atoms with Gasteiger partial charge in [-0.25, -0.2) is 0 Å². The highest BCUT2D eigenvalue weighted by molar-refractivity contribution is 5.94. The molecule has 114 valence electrons. The van der Waals surface area contributed by atoms with E-state index in [2.05, 4.69) is 5.32 Å². The van der Waals surface area contributed by atoms with Gasteiger partial charge in [-0.3, -0.25) is 4.79 Å². The van der Waals surface area contributed by atoms with Crippen LogP contribution in [-0.4, -0.2) is 19.1 Å². The van der Waals surface area contributed by atoms with Gasteiger partial charge in [0.25, 0.3) is 0 Å². The molecule has 0 radical (unpaired) electrons. The fourth-order valence-electron chi connectivity index (χ4n) is 1.86. The zero-order valence-electron chi connectivity index (χ0n) is 12.6. The molecule has 2 atom stereocenters. The number of hydrogen-bond acceptors (Lipinski definition) is 3. The molecule has 1 unspecified atom stereocenters. The summed E-state index contributed by atoms with van der Waals surface area (Å²) in [6, 6.07) is 7.16. The summed E-state index contributed by atoms with van der Waals surface area (Å²) in [7, 11) is 1.66. The highest BCUT2D eigenvalue weighted by Crippen LogP contribution is 2.19. The minimum atomic E-state index is -0.469. The minimum Gasteiger partial charge on any atom is -0.377 e. The standard InChI is InChI=1S/C15H24N2O2.ClH/c1-10(2)8-14(16)15(18)17-13-7-5-6-12(9-13)11(3)19-4;/h5-7,9-11,14H,8,16H2,1-4H3,(H,17,18);1H/t11?,14-;/m0./s1. The fourth-order valence-corrected chi connectivity index (χ4v) is 1.86. The zero-order chi connectivity index (χ0) is 14.4. The second-order valence-electron chi connectivity index (χ2n) is 5.23. The van der Waals surface area contributed by atoms with Gasteiger partial charge in [-0.2, -0.15) is 0 Å². The van der Waals surface area contributed by atoms with Gasteiger partial charge in [0.15, 0.2) is 0 Å². The number of hydrogen-bond donors (Lipinski definition) is 2. The average molecular weight is 301 g/mol. The van der Waals surface area contributed by atoms with Gasteiger partial charge in [0.2, 0.25) is 5.91 Å². The number of nitrogens with two attached hydrogens (primary N) is 1. The van der Waals surface area contributed by atoms with Gasteiger partial charge >= 0.3 is 0 Å². The normalized spacial score (nSPS) is 13.5. The summed E-state index contributed by atoms with van der Waals surface area (Å²) in [5, 5.41) is 2.85. The van der Waals surface area contributed by atoms with E-state index in [0.29, 0.717) is 12.3 Å². The fraction of sp³-hybridized carbons (Fsp3) is 0.533. The third-order valence-electron chi connectivity index (χ3n) is 3.04. The van der Waals surface area contributed by atoms with Crippen molar-refractivity contribution in [1.29, 1.82) is 0 Å². The summed E-state index contributed by atoms with van der Waals surface area (Å²) in [6.07, 6.45) is 0.682. The van der Waals surface area contributed by atoms with Gasteiger partial charge in [0.1, 0.15) is 0 Å². The average Bonchev–Trinajstić information content (AvgIpc) is 2.37. The molecular weight excluding hydrogens is 276 g/mol. The number of nitrogens with one attached hydrogen (secondary N) is 1. The molecule has 0 aromatic heterocycles. The van der Waals surface area contributed by atoms with Gasteiger partial charge < -0.3 is 15.8 Å². The topological polar surface area (TPSA) is 64.3 Å². The van der Waals surface area contributed by atoms with E-state index < -0.39 is 6.04 Å². The Balaban J connectivity index is 0.00000361. The largest absolute Gasteiger partial charge is 0.377 e. The summed E-state index contributed by atoms with van der Waals surface area (Å²) in [4.78, 5) is 11.9. The number of halogens is 1. The van der Waals surface area contributed by atoms with Crippen LogP contribution in [0.4, 0.5) is 5.69 Å². The maximum atomic E-state index is 11.9. The predicted octanol–water partition coefficient (Wildman–Crippen LogP) is 3.13. The van der Waals surface area contributed by atoms with E-state index >= 15 is 0 Å². The van der Waals surface area contributed by atoms with Gasteiger partial charge in [-0.15, -0.1) is 12.4 Å². The smallest absolute Gasteiger partial charge is 0.241 e. The van der Waals surface area contributed by atoms with Crippen molar-refractivity contribution in [1.82, 2.24) is 0 Å². The summed E-state index contributed by atoms with van der Waals surface area (Å²) in [6.45, 7) is 6.06. The van der Waals surface area contributed by atoms with Crippen molar-refractivity contribution in [2.45, 2.75) is 39.3 Å². The number of ether oxygens (including phenoxy) is 1. The second-order valence-corrected chi connectivity index (χ2v) is 5.23. The first-order valence-electron chi connectivity index (χ1n) is 6.63. The molecular formula is C15H25ClN2O2. The highest BCUT2D eigenvalue weighted by atomic mass is 35.5. The second kappa shape index (κ2) is 8.95. The molecule has 1 amide bonds. The van der Waals surface area contributed by atoms with Gasteiger partial charge in [0, 0.05) is 12.8 Å². The first kappa shape index (κ1) is 18.9. The SMILES string of the molecule is COC(C)c1cccc(NC(=O)[C@@H](N)CC(C)C)c1.Cl. The predicted molar refractivity (Wildman–Crippen MR) is 85.2 cm³/mol. The first-order valence-corrected chi connectivity index (χ1v) is 6.63. The Kier molecular flexibility index (Phi) is 8.46. The Labute approximate surface area is 127 Å². The summed E-state index contributed by atoms with van der Waals surface area (Å²) in [5.41, 5.74) is 7.63. The van der Waals surface area contributed by atoms with Crippen LogP contribution in [0.15, 0.2) is 24.3 Å². The molecule has 0 saturated heterocycles. The lowest BCUT2D eigenvalue weighted by Gasteiger charge is -2.15. The molecule has 0 fully saturated rings. The molecule has 1 aromatic rings. The van der Waals surface area contributed by atoms with Crippen molar-refractivity contribution in [2.75, 3.05) is 12.4 Å². The summed E-state index contributed by atoms with van der Waals surface area (Å²) in [5.74, 6) is 0.261. The van der Waals surface area contributed by atoms with Crippen LogP contribution in [0.3, 0.4) is 0 Å². The van der Waals surface area contributed by atoms with Gasteiger partial charge in [-0.1, -0.05) is 26.0 Å². The van der Waals surface area contributed by atoms with Crippen LogP contribution >= 0.6 is 12.4 Å². The van der Waals surface area contributed by atoms with Gasteiger partial charge in [0.05, 0.1) is 12.1 Å². The van der Waals surface area contributed by atoms with E-state index in [4.69, 9.17) is 10.5 Å². The molecule has 3 N–H and O–H groups in total. The molecule has 4 nitrogen and oxygen atoms in total. The minimum absolute atomic E-state index is 0. The number of methoxy groups -OCH3 is 1. The van der Waals surface area contributed by atoms with Crippen molar-refractivity contribution in [3.05, 3.63) is 29.8 Å². The van der Waals surface area contributed by atoms with Gasteiger partial charge in [-0.05, 0) is 37.0 Å². The first-order chi connectivity index (χ1) is 8.93. The van der Waals surface area contributed by atoms with Crippen LogP contribution in [0.25, 0.3) is 0 Å². The molecule has 0 aliphatic heterocycles. The van der Waals surface area contributed by atoms with E-state index in [0.717, 1.165) is 11.3 Å². The molecule has 1 aromatic carbocycles. The Morgan fingerprint density at radius 1 is 1.35 bits per heavy atom. The quantitative estimate of drug-likeness (QED) is 0.848. The lowest BCUT2D eigenvalue weighted by atomic mass is 10.0. The lowest BCUT2D eigenvalue weighted by Crippen LogP contribution is -2.36. The Morgan fingerprint density at radius 3 is 2.55 bits per heavy atom. The monoisotopic (exact) mass is 300 g/mol. The molecule has 20 heavy (non-hydrogen) atoms. The van der Waals surface area contributed by atoms with Crippen LogP contribution < -0.4 is 11.1 Å². The van der Waals surface area contributed by atoms with Crippen molar-refractivity contribution < 1.29 is 9.53 Å². The van der Waals surface area contributed by atoms with E-state index in [1.165, 1.54) is 0 Å². The van der Waals surface area contributed by atoms with E-state index in [1.54, 1.807) is 7.11 Å². The molecule has 0 spiro atoms. The maximum Gasteiger partial charge on any atom is 0.241 e. The number of anilines is 1. The molecule has 0 aliphatic carbocycles. The van der Waals surface area contributed by atoms with E-state index in [9.17, 15) is 4.79 Å². The molecule has 0 heterocycles. The third-order valence-corrected chi connectivity index (χ3v) is 3.04. The molecule has 0 bridgehead atoms. The van der Waals surface area contributed by atoms with Crippen molar-refractivity contribution in [3.63, 3.8) is 0 Å². The summed E-state index contributed by atoms with van der Waals surface area (Å²) >= 11 is 0. The molecule has 5 heteroatoms. The van der Waals surface area contributed by atoms with Crippen LogP contribution in [0.2, 0.25) is 0 Å². The van der Waals surface area contributed by atoms with E-state index in [1.807, 2.05) is 45.0 Å². The van der Waals surface area contributed by atoms with Crippen LogP contribution in [0.1, 0.15) is 38.9 Å². The van der Waals surface area contributed by atoms with Crippen LogP contribution in [0.5, 0.6) is 0 Å². The number of carbonyl (C=O) groups is 1. The maximum absolute atomic E-state index is 11.9. The van der Waals surface area contributed by atoms with Crippen molar-refractivity contribution in [3.8, 4) is 0 Å². The number of rotatable bonds is 6. The Hall–Kier alpha value is -1.10. The number of carbonyl (C=O) groups excluding carboxylic acids is 1. The number of amides is 1. The van der Waals surface area contributed by atoms with E-state index in [-0.39, 0.29) is 24.4 Å². The zero-order valence-corrected chi connectivity index (χ0v) is 13.4. The molecule has 1 rings (SSSR count). The Morgan fingerprint density at radius 2 is 2.00 bits per heavy atom. The molecule has 0 saturated carbocycles. The highest BCUT2D eigenvalue weighted by Gasteiger charge is 2.15. The Bertz CT molecular complexity index is 424. The lowest BCUT2D eigenvalue weighted by molar-refractivity contribution is -0.117. The third kappa shape index (κ3) is 5.90. The van der Waals surface area contributed by atoms with Crippen LogP contribution in [0, 0.1) is 5.92 Å². The van der Waals surface area contributed by atoms with Crippen molar-refractivity contribution >= 4 is 24.0 Å². The number of benzene rings is 1. The summed E-state index contributed by atoms with van der Waals surface area (Å²) < 4.78 is 5.26. The van der Waals surface area contributed by atoms with Crippen molar-refractivity contribution in [2.24, 2.45) is 11.7 Å². The molecule has 0 aliphatic rings.